The molecule has 0 aliphatic heterocycles. The molecule has 0 aliphatic rings. The second-order valence-corrected chi connectivity index (χ2v) is 18.9. The van der Waals surface area contributed by atoms with Gasteiger partial charge in [0.25, 0.3) is 0 Å². The van der Waals surface area contributed by atoms with Crippen molar-refractivity contribution < 1.29 is 4.42 Å². The number of hydrogen-bond acceptors (Lipinski definition) is 4. The number of benzene rings is 9. The Balaban J connectivity index is 1.13. The molecule has 0 aliphatic carbocycles. The quantitative estimate of drug-likeness (QED) is 0.114. The number of aromatic nitrogens is 3. The van der Waals surface area contributed by atoms with Gasteiger partial charge in [0.1, 0.15) is 11.2 Å². The van der Waals surface area contributed by atoms with Crippen LogP contribution in [0.1, 0.15) is 0 Å². The molecule has 0 amide bonds. The monoisotopic (exact) mass is 783 g/mol. The fourth-order valence-electron chi connectivity index (χ4n) is 8.95. The van der Waals surface area contributed by atoms with Gasteiger partial charge in [-0.25, -0.2) is 15.0 Å². The van der Waals surface area contributed by atoms with Crippen LogP contribution in [0.3, 0.4) is 0 Å². The lowest BCUT2D eigenvalue weighted by Crippen LogP contribution is -2.74. The highest BCUT2D eigenvalue weighted by atomic mass is 28.3. The zero-order chi connectivity index (χ0) is 39.9. The number of hydrogen-bond donors (Lipinski definition) is 0. The van der Waals surface area contributed by atoms with Crippen LogP contribution in [0.2, 0.25) is 0 Å². The van der Waals surface area contributed by atoms with E-state index in [1.807, 2.05) is 30.3 Å². The third-order valence-electron chi connectivity index (χ3n) is 11.7. The summed E-state index contributed by atoms with van der Waals surface area (Å²) in [6, 6.07) is 79.7. The number of rotatable bonds is 8. The van der Waals surface area contributed by atoms with Crippen molar-refractivity contribution in [3.05, 3.63) is 224 Å². The lowest BCUT2D eigenvalue weighted by molar-refractivity contribution is 0.669. The Hall–Kier alpha value is -7.73. The molecule has 0 N–H and O–H groups in total. The molecule has 2 heterocycles. The average Bonchev–Trinajstić information content (AvgIpc) is 3.72. The molecule has 0 radical (unpaired) electrons. The highest BCUT2D eigenvalue weighted by Crippen LogP contribution is 2.37. The smallest absolute Gasteiger partial charge is 0.179 e. The van der Waals surface area contributed by atoms with Crippen LogP contribution in [0, 0.1) is 0 Å². The van der Waals surface area contributed by atoms with Gasteiger partial charge >= 0.3 is 0 Å². The van der Waals surface area contributed by atoms with E-state index in [0.29, 0.717) is 17.5 Å². The van der Waals surface area contributed by atoms with Crippen molar-refractivity contribution in [1.29, 1.82) is 0 Å². The Kier molecular flexibility index (Phi) is 8.79. The van der Waals surface area contributed by atoms with Crippen LogP contribution in [-0.4, -0.2) is 23.0 Å². The van der Waals surface area contributed by atoms with Crippen molar-refractivity contribution >= 4 is 61.5 Å². The first-order valence-electron chi connectivity index (χ1n) is 20.3. The van der Waals surface area contributed by atoms with Crippen LogP contribution in [0.4, 0.5) is 0 Å². The Labute approximate surface area is 349 Å². The molecular formula is C55H37N3OSi. The van der Waals surface area contributed by atoms with E-state index in [1.165, 1.54) is 37.1 Å². The van der Waals surface area contributed by atoms with E-state index in [9.17, 15) is 0 Å². The van der Waals surface area contributed by atoms with E-state index in [0.717, 1.165) is 44.2 Å². The molecule has 0 spiro atoms. The predicted molar refractivity (Wildman–Crippen MR) is 250 cm³/mol. The van der Waals surface area contributed by atoms with Crippen LogP contribution in [0.5, 0.6) is 0 Å². The summed E-state index contributed by atoms with van der Waals surface area (Å²) in [6.07, 6.45) is 0. The number of para-hydroxylation sites is 1. The Morgan fingerprint density at radius 3 is 1.50 bits per heavy atom. The van der Waals surface area contributed by atoms with Gasteiger partial charge in [0.15, 0.2) is 25.5 Å². The molecule has 11 aromatic rings. The molecule has 0 atom stereocenters. The zero-order valence-corrected chi connectivity index (χ0v) is 33.6. The Morgan fingerprint density at radius 1 is 0.317 bits per heavy atom. The molecule has 60 heavy (non-hydrogen) atoms. The van der Waals surface area contributed by atoms with E-state index in [2.05, 4.69) is 194 Å². The maximum Gasteiger partial charge on any atom is 0.179 e. The van der Waals surface area contributed by atoms with Gasteiger partial charge in [-0.1, -0.05) is 212 Å². The Morgan fingerprint density at radius 2 is 0.800 bits per heavy atom. The van der Waals surface area contributed by atoms with Gasteiger partial charge in [0, 0.05) is 27.5 Å². The van der Waals surface area contributed by atoms with Gasteiger partial charge in [0.05, 0.1) is 0 Å². The summed E-state index contributed by atoms with van der Waals surface area (Å²) in [4.78, 5) is 15.9. The van der Waals surface area contributed by atoms with Gasteiger partial charge in [0.2, 0.25) is 0 Å². The summed E-state index contributed by atoms with van der Waals surface area (Å²) in [5.74, 6) is 1.80. The Bertz CT molecular complexity index is 3210. The van der Waals surface area contributed by atoms with E-state index in [1.54, 1.807) is 0 Å². The lowest BCUT2D eigenvalue weighted by Gasteiger charge is -2.34. The van der Waals surface area contributed by atoms with Crippen molar-refractivity contribution in [1.82, 2.24) is 15.0 Å². The molecule has 0 saturated carbocycles. The second-order valence-electron chi connectivity index (χ2n) is 15.1. The molecule has 4 nitrogen and oxygen atoms in total. The van der Waals surface area contributed by atoms with E-state index in [-0.39, 0.29) is 0 Å². The summed E-state index contributed by atoms with van der Waals surface area (Å²) in [7, 11) is -2.82. The van der Waals surface area contributed by atoms with E-state index in [4.69, 9.17) is 19.4 Å². The number of fused-ring (bicyclic) bond motifs is 4. The van der Waals surface area contributed by atoms with E-state index >= 15 is 0 Å². The molecule has 9 aromatic carbocycles. The standard InChI is InChI=1S/C55H37N3OSi/c1-4-20-42(21-5-1)60(43-22-6-2-7-23-43,44-24-8-3-9-25-44)45-26-14-19-41(37-45)54-56-53(40-35-33-39(34-36-40)47-29-15-18-38-17-10-11-27-46(38)47)57-55(58-54)49-30-16-32-51-52(49)48-28-12-13-31-50(48)59-51/h1-37H. The molecule has 0 bridgehead atoms. The van der Waals surface area contributed by atoms with Gasteiger partial charge in [-0.2, -0.15) is 0 Å². The topological polar surface area (TPSA) is 51.8 Å². The fraction of sp³-hybridized carbons (Fsp3) is 0. The van der Waals surface area contributed by atoms with Crippen molar-refractivity contribution in [3.63, 3.8) is 0 Å². The summed E-state index contributed by atoms with van der Waals surface area (Å²) in [5, 5.41) is 9.61. The first-order valence-corrected chi connectivity index (χ1v) is 22.3. The molecule has 0 unspecified atom stereocenters. The van der Waals surface area contributed by atoms with Crippen molar-refractivity contribution in [2.75, 3.05) is 0 Å². The van der Waals surface area contributed by atoms with Gasteiger partial charge in [-0.05, 0) is 54.8 Å². The molecule has 2 aromatic heterocycles. The van der Waals surface area contributed by atoms with Crippen LogP contribution in [0.25, 0.3) is 78.0 Å². The highest BCUT2D eigenvalue weighted by molar-refractivity contribution is 7.19. The van der Waals surface area contributed by atoms with Crippen molar-refractivity contribution in [2.45, 2.75) is 0 Å². The SMILES string of the molecule is c1ccc([Si](c2ccccc2)(c2ccccc2)c2cccc(-c3nc(-c4ccc(-c5cccc6ccccc56)cc4)nc(-c4cccc5oc6ccccc6c45)n3)c2)cc1. The summed E-state index contributed by atoms with van der Waals surface area (Å²) < 4.78 is 6.34. The minimum absolute atomic E-state index is 0.591. The largest absolute Gasteiger partial charge is 0.456 e. The third kappa shape index (κ3) is 6.03. The molecule has 11 rings (SSSR count). The molecule has 0 saturated heterocycles. The molecular weight excluding hydrogens is 747 g/mol. The van der Waals surface area contributed by atoms with Crippen LogP contribution in [-0.2, 0) is 0 Å². The first kappa shape index (κ1) is 35.4. The predicted octanol–water partition coefficient (Wildman–Crippen LogP) is 11.0. The van der Waals surface area contributed by atoms with Gasteiger partial charge in [-0.15, -0.1) is 0 Å². The first-order chi connectivity index (χ1) is 29.7. The summed E-state index contributed by atoms with van der Waals surface area (Å²) in [6.45, 7) is 0. The van der Waals surface area contributed by atoms with Crippen LogP contribution in [0.15, 0.2) is 229 Å². The third-order valence-corrected chi connectivity index (χ3v) is 16.5. The van der Waals surface area contributed by atoms with Crippen molar-refractivity contribution in [2.24, 2.45) is 0 Å². The minimum atomic E-state index is -2.82. The maximum atomic E-state index is 6.34. The second kappa shape index (κ2) is 14.9. The highest BCUT2D eigenvalue weighted by Gasteiger charge is 2.41. The molecule has 282 valence electrons. The van der Waals surface area contributed by atoms with Crippen LogP contribution >= 0.6 is 0 Å². The zero-order valence-electron chi connectivity index (χ0n) is 32.6. The van der Waals surface area contributed by atoms with Crippen molar-refractivity contribution in [3.8, 4) is 45.3 Å². The van der Waals surface area contributed by atoms with Gasteiger partial charge < -0.3 is 4.42 Å². The average molecular weight is 784 g/mol. The summed E-state index contributed by atoms with van der Waals surface area (Å²) in [5.41, 5.74) is 6.68. The molecule has 5 heteroatoms. The maximum absolute atomic E-state index is 6.34. The van der Waals surface area contributed by atoms with E-state index < -0.39 is 8.07 Å². The molecule has 0 fully saturated rings. The number of furan rings is 1. The normalized spacial score (nSPS) is 11.7. The van der Waals surface area contributed by atoms with Crippen LogP contribution < -0.4 is 20.7 Å². The lowest BCUT2D eigenvalue weighted by atomic mass is 9.97. The fourth-order valence-corrected chi connectivity index (χ4v) is 13.7. The minimum Gasteiger partial charge on any atom is -0.456 e. The number of nitrogens with zero attached hydrogens (tertiary/aromatic N) is 3. The van der Waals surface area contributed by atoms with Gasteiger partial charge in [-0.3, -0.25) is 0 Å². The summed E-state index contributed by atoms with van der Waals surface area (Å²) >= 11 is 0.